The van der Waals surface area contributed by atoms with E-state index in [1.54, 1.807) is 31.2 Å². The number of nitrogens with one attached hydrogen (secondary N) is 2. The third-order valence-corrected chi connectivity index (χ3v) is 4.83. The summed E-state index contributed by atoms with van der Waals surface area (Å²) in [7, 11) is -3.91. The van der Waals surface area contributed by atoms with E-state index in [2.05, 4.69) is 10.0 Å². The second-order valence-corrected chi connectivity index (χ2v) is 7.00. The van der Waals surface area contributed by atoms with Crippen LogP contribution in [-0.4, -0.2) is 21.0 Å². The van der Waals surface area contributed by atoms with Gasteiger partial charge >= 0.3 is 5.97 Å². The first-order valence-electron chi connectivity index (χ1n) is 8.07. The van der Waals surface area contributed by atoms with E-state index in [0.29, 0.717) is 11.3 Å². The minimum absolute atomic E-state index is 0.0129. The Morgan fingerprint density at radius 2 is 1.75 bits per heavy atom. The summed E-state index contributed by atoms with van der Waals surface area (Å²) < 4.78 is 32.4. The van der Waals surface area contributed by atoms with E-state index in [9.17, 15) is 13.2 Å². The molecule has 0 aliphatic heterocycles. The number of hydrogen-bond donors (Lipinski definition) is 2. The predicted octanol–water partition coefficient (Wildman–Crippen LogP) is 2.74. The van der Waals surface area contributed by atoms with Gasteiger partial charge in [-0.1, -0.05) is 12.1 Å². The maximum absolute atomic E-state index is 12.6. The highest BCUT2D eigenvalue weighted by Gasteiger charge is 2.16. The third-order valence-electron chi connectivity index (χ3n) is 3.45. The maximum Gasteiger partial charge on any atom is 0.350 e. The van der Waals surface area contributed by atoms with E-state index in [-0.39, 0.29) is 22.8 Å². The van der Waals surface area contributed by atoms with Crippen LogP contribution in [0, 0.1) is 22.7 Å². The summed E-state index contributed by atoms with van der Waals surface area (Å²) in [6.07, 6.45) is 1.15. The lowest BCUT2D eigenvalue weighted by Gasteiger charge is -2.12. The van der Waals surface area contributed by atoms with E-state index in [4.69, 9.17) is 15.3 Å². The van der Waals surface area contributed by atoms with Gasteiger partial charge in [0.25, 0.3) is 10.0 Å². The second-order valence-electron chi connectivity index (χ2n) is 5.32. The van der Waals surface area contributed by atoms with Crippen molar-refractivity contribution >= 4 is 27.4 Å². The Balaban J connectivity index is 2.27. The molecule has 142 valence electrons. The molecule has 0 fully saturated rings. The SMILES string of the molecule is CCOC(=O)/C(C#N)=C/Nc1ccccc1NS(=O)(=O)c1ccc(C#N)cc1. The Hall–Kier alpha value is -3.82. The topological polar surface area (TPSA) is 132 Å². The van der Waals surface area contributed by atoms with E-state index < -0.39 is 16.0 Å². The molecule has 0 bridgehead atoms. The number of nitrogens with zero attached hydrogens (tertiary/aromatic N) is 2. The standard InChI is InChI=1S/C19H16N4O4S/c1-2-27-19(24)15(12-21)13-22-17-5-3-4-6-18(17)23-28(25,26)16-9-7-14(11-20)8-10-16/h3-10,13,22-23H,2H2,1H3/b15-13+. The fraction of sp³-hybridized carbons (Fsp3) is 0.105. The van der Waals surface area contributed by atoms with Crippen molar-refractivity contribution in [2.24, 2.45) is 0 Å². The molecule has 0 unspecified atom stereocenters. The van der Waals surface area contributed by atoms with Gasteiger partial charge in [0, 0.05) is 6.20 Å². The van der Waals surface area contributed by atoms with Crippen LogP contribution in [0.5, 0.6) is 0 Å². The van der Waals surface area contributed by atoms with Crippen molar-refractivity contribution in [3.63, 3.8) is 0 Å². The monoisotopic (exact) mass is 396 g/mol. The average molecular weight is 396 g/mol. The highest BCUT2D eigenvalue weighted by atomic mass is 32.2. The molecule has 0 aliphatic rings. The molecule has 0 atom stereocenters. The summed E-state index contributed by atoms with van der Waals surface area (Å²) in [5.74, 6) is -0.784. The highest BCUT2D eigenvalue weighted by molar-refractivity contribution is 7.92. The molecule has 2 aromatic carbocycles. The largest absolute Gasteiger partial charge is 0.462 e. The van der Waals surface area contributed by atoms with E-state index in [0.717, 1.165) is 6.20 Å². The molecule has 0 spiro atoms. The minimum Gasteiger partial charge on any atom is -0.462 e. The van der Waals surface area contributed by atoms with Gasteiger partial charge in [-0.05, 0) is 43.3 Å². The Kier molecular flexibility index (Phi) is 6.74. The number of benzene rings is 2. The van der Waals surface area contributed by atoms with Crippen LogP contribution in [0.25, 0.3) is 0 Å². The first-order valence-corrected chi connectivity index (χ1v) is 9.55. The Morgan fingerprint density at radius 3 is 2.32 bits per heavy atom. The number of anilines is 2. The lowest BCUT2D eigenvalue weighted by molar-refractivity contribution is -0.138. The molecule has 0 saturated heterocycles. The van der Waals surface area contributed by atoms with Crippen molar-refractivity contribution in [1.29, 1.82) is 10.5 Å². The first kappa shape index (κ1) is 20.5. The number of carbonyl (C=O) groups excluding carboxylic acids is 1. The van der Waals surface area contributed by atoms with Gasteiger partial charge in [-0.2, -0.15) is 10.5 Å². The van der Waals surface area contributed by atoms with Crippen molar-refractivity contribution in [2.45, 2.75) is 11.8 Å². The molecule has 0 heterocycles. The normalized spacial score (nSPS) is 11.0. The molecule has 9 heteroatoms. The van der Waals surface area contributed by atoms with Crippen LogP contribution in [0.1, 0.15) is 12.5 Å². The summed E-state index contributed by atoms with van der Waals surface area (Å²) in [4.78, 5) is 11.6. The van der Waals surface area contributed by atoms with Gasteiger partial charge in [0.1, 0.15) is 6.07 Å². The molecule has 2 N–H and O–H groups in total. The number of carbonyl (C=O) groups is 1. The molecule has 0 aromatic heterocycles. The molecule has 0 aliphatic carbocycles. The molecular weight excluding hydrogens is 380 g/mol. The number of hydrogen-bond acceptors (Lipinski definition) is 7. The van der Waals surface area contributed by atoms with E-state index >= 15 is 0 Å². The zero-order valence-corrected chi connectivity index (χ0v) is 15.7. The van der Waals surface area contributed by atoms with Crippen LogP contribution < -0.4 is 10.0 Å². The Morgan fingerprint density at radius 1 is 1.11 bits per heavy atom. The maximum atomic E-state index is 12.6. The van der Waals surface area contributed by atoms with Crippen molar-refractivity contribution < 1.29 is 17.9 Å². The fourth-order valence-corrected chi connectivity index (χ4v) is 3.19. The summed E-state index contributed by atoms with van der Waals surface area (Å²) >= 11 is 0. The smallest absolute Gasteiger partial charge is 0.350 e. The van der Waals surface area contributed by atoms with Gasteiger partial charge in [0.2, 0.25) is 0 Å². The predicted molar refractivity (Wildman–Crippen MR) is 102 cm³/mol. The van der Waals surface area contributed by atoms with E-state index in [1.165, 1.54) is 30.3 Å². The van der Waals surface area contributed by atoms with Gasteiger partial charge < -0.3 is 10.1 Å². The quantitative estimate of drug-likeness (QED) is 0.418. The fourth-order valence-electron chi connectivity index (χ4n) is 2.11. The zero-order valence-electron chi connectivity index (χ0n) is 14.8. The number of rotatable bonds is 7. The van der Waals surface area contributed by atoms with Crippen LogP contribution in [0.2, 0.25) is 0 Å². The Labute approximate surface area is 162 Å². The molecule has 8 nitrogen and oxygen atoms in total. The first-order chi connectivity index (χ1) is 13.4. The molecule has 2 aromatic rings. The number of ether oxygens (including phenoxy) is 1. The molecule has 0 saturated carbocycles. The molecule has 2 rings (SSSR count). The lowest BCUT2D eigenvalue weighted by Crippen LogP contribution is -2.14. The molecule has 28 heavy (non-hydrogen) atoms. The summed E-state index contributed by atoms with van der Waals surface area (Å²) in [6, 6.07) is 15.5. The highest BCUT2D eigenvalue weighted by Crippen LogP contribution is 2.25. The van der Waals surface area contributed by atoms with Gasteiger partial charge in [-0.3, -0.25) is 4.72 Å². The van der Waals surface area contributed by atoms with Gasteiger partial charge in [0.05, 0.1) is 34.5 Å². The van der Waals surface area contributed by atoms with E-state index in [1.807, 2.05) is 6.07 Å². The van der Waals surface area contributed by atoms with Crippen molar-refractivity contribution in [1.82, 2.24) is 0 Å². The van der Waals surface area contributed by atoms with Crippen LogP contribution in [-0.2, 0) is 19.6 Å². The zero-order chi connectivity index (χ0) is 20.6. The molecule has 0 radical (unpaired) electrons. The third kappa shape index (κ3) is 5.10. The van der Waals surface area contributed by atoms with Crippen LogP contribution in [0.3, 0.4) is 0 Å². The van der Waals surface area contributed by atoms with Gasteiger partial charge in [-0.15, -0.1) is 0 Å². The van der Waals surface area contributed by atoms with Gasteiger partial charge in [0.15, 0.2) is 5.57 Å². The number of esters is 1. The van der Waals surface area contributed by atoms with Crippen molar-refractivity contribution in [3.05, 3.63) is 65.9 Å². The van der Waals surface area contributed by atoms with Crippen molar-refractivity contribution in [3.8, 4) is 12.1 Å². The van der Waals surface area contributed by atoms with Gasteiger partial charge in [-0.25, -0.2) is 13.2 Å². The number of para-hydroxylation sites is 2. The van der Waals surface area contributed by atoms with Crippen LogP contribution in [0.4, 0.5) is 11.4 Å². The second kappa shape index (κ2) is 9.21. The van der Waals surface area contributed by atoms with Crippen molar-refractivity contribution in [2.75, 3.05) is 16.6 Å². The summed E-state index contributed by atoms with van der Waals surface area (Å²) in [5.41, 5.74) is 0.627. The number of nitriles is 2. The number of sulfonamides is 1. The average Bonchev–Trinajstić information content (AvgIpc) is 2.69. The van der Waals surface area contributed by atoms with Crippen LogP contribution in [0.15, 0.2) is 65.2 Å². The minimum atomic E-state index is -3.91. The summed E-state index contributed by atoms with van der Waals surface area (Å²) in [5, 5.41) is 20.6. The lowest BCUT2D eigenvalue weighted by atomic mass is 10.2. The Bertz CT molecular complexity index is 1080. The molecule has 0 amide bonds. The summed E-state index contributed by atoms with van der Waals surface area (Å²) in [6.45, 7) is 1.74. The van der Waals surface area contributed by atoms with Crippen LogP contribution >= 0.6 is 0 Å². The molecular formula is C19H16N4O4S.